The topological polar surface area (TPSA) is 138 Å². The van der Waals surface area contributed by atoms with Crippen molar-refractivity contribution in [3.63, 3.8) is 0 Å². The fourth-order valence-corrected chi connectivity index (χ4v) is 2.60. The highest BCUT2D eigenvalue weighted by molar-refractivity contribution is 5.81. The molecule has 0 bridgehead atoms. The van der Waals surface area contributed by atoms with Gasteiger partial charge in [-0.3, -0.25) is 4.57 Å². The van der Waals surface area contributed by atoms with Crippen LogP contribution in [0.2, 0.25) is 0 Å². The molecule has 0 amide bonds. The number of hydrogen-bond acceptors (Lipinski definition) is 9. The summed E-state index contributed by atoms with van der Waals surface area (Å²) >= 11 is 0. The van der Waals surface area contributed by atoms with Crippen molar-refractivity contribution in [2.24, 2.45) is 0 Å². The molecule has 1 fully saturated rings. The number of hydrogen-bond donors (Lipinski definition) is 3. The van der Waals surface area contributed by atoms with E-state index >= 15 is 0 Å². The van der Waals surface area contributed by atoms with Gasteiger partial charge < -0.3 is 30.2 Å². The summed E-state index contributed by atoms with van der Waals surface area (Å²) in [7, 11) is 1.56. The minimum Gasteiger partial charge on any atom is -0.394 e. The number of rotatable bonds is 6. The molecule has 1 saturated heterocycles. The number of aromatic nitrogens is 4. The molecule has 10 heteroatoms. The average molecular weight is 325 g/mol. The van der Waals surface area contributed by atoms with Crippen molar-refractivity contribution in [2.75, 3.05) is 32.7 Å². The monoisotopic (exact) mass is 325 g/mol. The molecule has 3 heterocycles. The van der Waals surface area contributed by atoms with Crippen LogP contribution >= 0.6 is 0 Å². The molecule has 4 atom stereocenters. The molecule has 4 N–H and O–H groups in total. The molecule has 0 radical (unpaired) electrons. The van der Waals surface area contributed by atoms with E-state index < -0.39 is 24.5 Å². The van der Waals surface area contributed by atoms with Crippen LogP contribution in [0, 0.1) is 0 Å². The summed E-state index contributed by atoms with van der Waals surface area (Å²) < 4.78 is 17.9. The first-order valence-electron chi connectivity index (χ1n) is 7.15. The van der Waals surface area contributed by atoms with Gasteiger partial charge in [-0.05, 0) is 0 Å². The van der Waals surface area contributed by atoms with Gasteiger partial charge in [-0.15, -0.1) is 0 Å². The van der Waals surface area contributed by atoms with E-state index in [2.05, 4.69) is 15.0 Å². The zero-order chi connectivity index (χ0) is 16.4. The van der Waals surface area contributed by atoms with E-state index in [0.29, 0.717) is 17.8 Å². The average Bonchev–Trinajstić information content (AvgIpc) is 3.10. The van der Waals surface area contributed by atoms with Gasteiger partial charge in [0.2, 0.25) is 0 Å². The second-order valence-electron chi connectivity index (χ2n) is 5.15. The number of aliphatic hydroxyl groups is 2. The molecule has 1 aliphatic rings. The molecule has 0 saturated carbocycles. The van der Waals surface area contributed by atoms with Crippen LogP contribution in [0.25, 0.3) is 11.2 Å². The van der Waals surface area contributed by atoms with Crippen LogP contribution < -0.4 is 5.73 Å². The highest BCUT2D eigenvalue weighted by Crippen LogP contribution is 2.33. The normalized spacial score (nSPS) is 27.8. The van der Waals surface area contributed by atoms with Crippen LogP contribution in [0.15, 0.2) is 12.7 Å². The van der Waals surface area contributed by atoms with Crippen molar-refractivity contribution >= 4 is 17.0 Å². The van der Waals surface area contributed by atoms with Crippen molar-refractivity contribution in [3.05, 3.63) is 12.7 Å². The zero-order valence-electron chi connectivity index (χ0n) is 12.6. The number of nitrogens with zero attached hydrogens (tertiary/aromatic N) is 4. The third-order valence-electron chi connectivity index (χ3n) is 3.75. The van der Waals surface area contributed by atoms with E-state index in [0.717, 1.165) is 0 Å². The fourth-order valence-electron chi connectivity index (χ4n) is 2.60. The molecular formula is C13H19N5O5. The van der Waals surface area contributed by atoms with Crippen LogP contribution in [0.1, 0.15) is 6.23 Å². The smallest absolute Gasteiger partial charge is 0.167 e. The predicted molar refractivity (Wildman–Crippen MR) is 78.4 cm³/mol. The number of nitrogens with two attached hydrogens (primary N) is 1. The number of ether oxygens (including phenoxy) is 3. The summed E-state index contributed by atoms with van der Waals surface area (Å²) in [5.74, 6) is 0.253. The summed E-state index contributed by atoms with van der Waals surface area (Å²) in [6, 6.07) is 0. The van der Waals surface area contributed by atoms with Crippen LogP contribution in [0.3, 0.4) is 0 Å². The van der Waals surface area contributed by atoms with Crippen LogP contribution in [0.5, 0.6) is 0 Å². The Morgan fingerprint density at radius 1 is 1.35 bits per heavy atom. The summed E-state index contributed by atoms with van der Waals surface area (Å²) in [6.07, 6.45) is -0.317. The predicted octanol–water partition coefficient (Wildman–Crippen LogP) is -1.31. The number of nitrogen functional groups attached to an aromatic ring is 1. The van der Waals surface area contributed by atoms with Gasteiger partial charge >= 0.3 is 0 Å². The molecule has 2 aromatic rings. The van der Waals surface area contributed by atoms with Crippen LogP contribution in [-0.2, 0) is 14.2 Å². The maximum atomic E-state index is 10.3. The number of anilines is 1. The van der Waals surface area contributed by atoms with Gasteiger partial charge in [0.15, 0.2) is 17.7 Å². The Bertz CT molecular complexity index is 665. The van der Waals surface area contributed by atoms with Crippen molar-refractivity contribution in [2.45, 2.75) is 24.5 Å². The Morgan fingerprint density at radius 3 is 2.91 bits per heavy atom. The lowest BCUT2D eigenvalue weighted by Crippen LogP contribution is -2.36. The van der Waals surface area contributed by atoms with Gasteiger partial charge in [-0.1, -0.05) is 0 Å². The fraction of sp³-hybridized carbons (Fsp3) is 0.615. The SMILES string of the molecule is COCCOC1C(O)C(CO)OC1n1cnc2c(N)ncnc21. The lowest BCUT2D eigenvalue weighted by molar-refractivity contribution is -0.0785. The second kappa shape index (κ2) is 6.72. The summed E-state index contributed by atoms with van der Waals surface area (Å²) in [5, 5.41) is 19.7. The Labute approximate surface area is 131 Å². The second-order valence-corrected chi connectivity index (χ2v) is 5.15. The Morgan fingerprint density at radius 2 is 2.17 bits per heavy atom. The van der Waals surface area contributed by atoms with Gasteiger partial charge in [0.05, 0.1) is 26.1 Å². The van der Waals surface area contributed by atoms with Crippen molar-refractivity contribution in [1.29, 1.82) is 0 Å². The first kappa shape index (κ1) is 16.0. The Balaban J connectivity index is 1.92. The minimum absolute atomic E-state index is 0.253. The van der Waals surface area contributed by atoms with Crippen LogP contribution in [-0.4, -0.2) is 75.0 Å². The number of methoxy groups -OCH3 is 1. The van der Waals surface area contributed by atoms with Crippen molar-refractivity contribution in [3.8, 4) is 0 Å². The Kier molecular flexibility index (Phi) is 4.68. The summed E-state index contributed by atoms with van der Waals surface area (Å²) in [5.41, 5.74) is 6.68. The Hall–Kier alpha value is -1.85. The third-order valence-corrected chi connectivity index (χ3v) is 3.75. The first-order chi connectivity index (χ1) is 11.2. The van der Waals surface area contributed by atoms with E-state index in [9.17, 15) is 10.2 Å². The molecule has 126 valence electrons. The molecule has 0 aliphatic carbocycles. The summed E-state index contributed by atoms with van der Waals surface area (Å²) in [4.78, 5) is 12.2. The first-order valence-corrected chi connectivity index (χ1v) is 7.15. The van der Waals surface area contributed by atoms with Crippen LogP contribution in [0.4, 0.5) is 5.82 Å². The van der Waals surface area contributed by atoms with E-state index in [1.807, 2.05) is 0 Å². The zero-order valence-corrected chi connectivity index (χ0v) is 12.6. The highest BCUT2D eigenvalue weighted by Gasteiger charge is 2.45. The largest absolute Gasteiger partial charge is 0.394 e. The quantitative estimate of drug-likeness (QED) is 0.553. The molecule has 0 spiro atoms. The van der Waals surface area contributed by atoms with Gasteiger partial charge in [0.1, 0.15) is 30.2 Å². The molecule has 4 unspecified atom stereocenters. The summed E-state index contributed by atoms with van der Waals surface area (Å²) in [6.45, 7) is 0.324. The molecule has 10 nitrogen and oxygen atoms in total. The molecule has 0 aromatic carbocycles. The van der Waals surface area contributed by atoms with Gasteiger partial charge in [-0.25, -0.2) is 15.0 Å². The number of fused-ring (bicyclic) bond motifs is 1. The molecule has 1 aliphatic heterocycles. The van der Waals surface area contributed by atoms with E-state index in [-0.39, 0.29) is 19.0 Å². The molecular weight excluding hydrogens is 306 g/mol. The minimum atomic E-state index is -0.988. The van der Waals surface area contributed by atoms with Gasteiger partial charge in [0, 0.05) is 7.11 Å². The third kappa shape index (κ3) is 2.86. The van der Waals surface area contributed by atoms with Gasteiger partial charge in [-0.2, -0.15) is 0 Å². The number of aliphatic hydroxyl groups excluding tert-OH is 2. The van der Waals surface area contributed by atoms with Crippen molar-refractivity contribution in [1.82, 2.24) is 19.5 Å². The highest BCUT2D eigenvalue weighted by atomic mass is 16.6. The van der Waals surface area contributed by atoms with E-state index in [1.54, 1.807) is 11.7 Å². The van der Waals surface area contributed by atoms with Crippen molar-refractivity contribution < 1.29 is 24.4 Å². The van der Waals surface area contributed by atoms with Gasteiger partial charge in [0.25, 0.3) is 0 Å². The number of imidazole rings is 1. The van der Waals surface area contributed by atoms with E-state index in [4.69, 9.17) is 19.9 Å². The maximum Gasteiger partial charge on any atom is 0.167 e. The molecule has 3 rings (SSSR count). The molecule has 2 aromatic heterocycles. The maximum absolute atomic E-state index is 10.3. The lowest BCUT2D eigenvalue weighted by Gasteiger charge is -2.21. The van der Waals surface area contributed by atoms with E-state index in [1.165, 1.54) is 12.7 Å². The lowest BCUT2D eigenvalue weighted by atomic mass is 10.1. The molecule has 23 heavy (non-hydrogen) atoms. The standard InChI is InChI=1S/C13H19N5O5/c1-21-2-3-22-10-9(20)7(4-19)23-13(10)18-6-17-8-11(14)15-5-16-12(8)18/h5-7,9-10,13,19-20H,2-4H2,1H3,(H2,14,15,16).